The number of carbonyl (C=O) groups excluding carboxylic acids is 2. The molecule has 0 saturated heterocycles. The number of fused-ring (bicyclic) bond motifs is 1. The van der Waals surface area contributed by atoms with E-state index in [0.29, 0.717) is 5.56 Å². The summed E-state index contributed by atoms with van der Waals surface area (Å²) < 4.78 is 59.5. The van der Waals surface area contributed by atoms with E-state index in [9.17, 15) is 32.9 Å². The van der Waals surface area contributed by atoms with Gasteiger partial charge in [-0.2, -0.15) is 13.2 Å². The van der Waals surface area contributed by atoms with E-state index in [1.165, 1.54) is 13.8 Å². The molecule has 0 saturated carbocycles. The lowest BCUT2D eigenvalue weighted by Gasteiger charge is -2.29. The number of rotatable bonds is 8. The molecule has 13 heteroatoms. The van der Waals surface area contributed by atoms with Crippen LogP contribution in [0.2, 0.25) is 0 Å². The molecule has 0 fully saturated rings. The molecular weight excluding hydrogens is 455 g/mol. The van der Waals surface area contributed by atoms with Crippen LogP contribution < -0.4 is 4.74 Å². The van der Waals surface area contributed by atoms with Gasteiger partial charge in [0, 0.05) is 11.0 Å². The second kappa shape index (κ2) is 9.96. The Labute approximate surface area is 186 Å². The summed E-state index contributed by atoms with van der Waals surface area (Å²) in [4.78, 5) is 38.3. The molecule has 0 bridgehead atoms. The number of halogens is 3. The van der Waals surface area contributed by atoms with E-state index in [1.807, 2.05) is 0 Å². The summed E-state index contributed by atoms with van der Waals surface area (Å²) in [7, 11) is 0. The first kappa shape index (κ1) is 25.7. The van der Waals surface area contributed by atoms with Gasteiger partial charge in [-0.25, -0.2) is 9.59 Å². The highest BCUT2D eigenvalue weighted by Crippen LogP contribution is 2.39. The van der Waals surface area contributed by atoms with E-state index in [0.717, 1.165) is 11.6 Å². The molecule has 0 amide bonds. The van der Waals surface area contributed by atoms with Gasteiger partial charge in [-0.1, -0.05) is 25.5 Å². The molecule has 1 aromatic carbocycles. The second-order valence-electron chi connectivity index (χ2n) is 8.03. The van der Waals surface area contributed by atoms with E-state index >= 15 is 0 Å². The van der Waals surface area contributed by atoms with Crippen LogP contribution in [0.25, 0.3) is 6.08 Å². The molecule has 0 radical (unpaired) electrons. The third kappa shape index (κ3) is 7.26. The average Bonchev–Trinajstić information content (AvgIpc) is 2.69. The van der Waals surface area contributed by atoms with Crippen LogP contribution >= 0.6 is 0 Å². The predicted octanol–water partition coefficient (Wildman–Crippen LogP) is 3.90. The molecule has 182 valence electrons. The van der Waals surface area contributed by atoms with E-state index in [4.69, 9.17) is 9.47 Å². The van der Waals surface area contributed by atoms with Crippen molar-refractivity contribution < 1.29 is 51.6 Å². The minimum Gasteiger partial charge on any atom is -0.475 e. The number of carbonyl (C=O) groups is 2. The van der Waals surface area contributed by atoms with Crippen LogP contribution in [0, 0.1) is 29.4 Å². The van der Waals surface area contributed by atoms with Crippen molar-refractivity contribution in [3.63, 3.8) is 0 Å². The van der Waals surface area contributed by atoms with Crippen LogP contribution in [0.1, 0.15) is 30.5 Å². The number of ether oxygens (including phenoxy) is 4. The van der Waals surface area contributed by atoms with Crippen LogP contribution in [0.5, 0.6) is 5.75 Å². The molecule has 1 atom stereocenters. The van der Waals surface area contributed by atoms with Crippen molar-refractivity contribution in [1.82, 2.24) is 0 Å². The largest absolute Gasteiger partial charge is 0.511 e. The third-order valence-electron chi connectivity index (χ3n) is 4.32. The Bertz CT molecular complexity index is 957. The minimum atomic E-state index is -4.91. The monoisotopic (exact) mass is 477 g/mol. The molecule has 1 aliphatic heterocycles. The van der Waals surface area contributed by atoms with Crippen molar-refractivity contribution in [2.75, 3.05) is 20.0 Å². The molecule has 0 N–H and O–H groups in total. The average molecular weight is 477 g/mol. The van der Waals surface area contributed by atoms with Crippen molar-refractivity contribution in [1.29, 1.82) is 0 Å². The Balaban J connectivity index is 1.99. The van der Waals surface area contributed by atoms with Gasteiger partial charge in [0.1, 0.15) is 19.0 Å². The first-order chi connectivity index (χ1) is 15.2. The van der Waals surface area contributed by atoms with Gasteiger partial charge >= 0.3 is 18.3 Å². The SMILES string of the molecule is Cc1cc(C)c2c(c1)C=C(C(=O)OCOC(=O)OCC(C)(C)CO[N+](=O)[O-])[C@@H](C(F)(F)F)O2. The van der Waals surface area contributed by atoms with Crippen molar-refractivity contribution in [2.24, 2.45) is 5.41 Å². The molecular formula is C20H22F3NO9. The summed E-state index contributed by atoms with van der Waals surface area (Å²) in [6, 6.07) is 3.20. The van der Waals surface area contributed by atoms with E-state index in [-0.39, 0.29) is 24.5 Å². The van der Waals surface area contributed by atoms with Gasteiger partial charge in [-0.05, 0) is 31.6 Å². The van der Waals surface area contributed by atoms with Crippen LogP contribution in [-0.4, -0.2) is 49.5 Å². The maximum Gasteiger partial charge on any atom is 0.511 e. The first-order valence-electron chi connectivity index (χ1n) is 9.50. The van der Waals surface area contributed by atoms with E-state index in [1.54, 1.807) is 26.0 Å². The number of hydrogen-bond acceptors (Lipinski definition) is 9. The highest BCUT2D eigenvalue weighted by atomic mass is 19.4. The Kier molecular flexibility index (Phi) is 7.77. The minimum absolute atomic E-state index is 0.00276. The van der Waals surface area contributed by atoms with E-state index < -0.39 is 47.3 Å². The smallest absolute Gasteiger partial charge is 0.475 e. The Morgan fingerprint density at radius 2 is 1.79 bits per heavy atom. The van der Waals surface area contributed by atoms with Gasteiger partial charge in [0.15, 0.2) is 0 Å². The third-order valence-corrected chi connectivity index (χ3v) is 4.32. The summed E-state index contributed by atoms with van der Waals surface area (Å²) >= 11 is 0. The van der Waals surface area contributed by atoms with Gasteiger partial charge in [-0.3, -0.25) is 0 Å². The Morgan fingerprint density at radius 3 is 2.39 bits per heavy atom. The lowest BCUT2D eigenvalue weighted by atomic mass is 9.97. The maximum absolute atomic E-state index is 13.5. The molecule has 0 unspecified atom stereocenters. The number of alkyl halides is 3. The van der Waals surface area contributed by atoms with Crippen molar-refractivity contribution in [3.05, 3.63) is 44.5 Å². The molecule has 10 nitrogen and oxygen atoms in total. The van der Waals surface area contributed by atoms with Crippen LogP contribution in [0.3, 0.4) is 0 Å². The van der Waals surface area contributed by atoms with Crippen molar-refractivity contribution >= 4 is 18.2 Å². The Hall–Kier alpha value is -3.51. The highest BCUT2D eigenvalue weighted by Gasteiger charge is 2.49. The Morgan fingerprint density at radius 1 is 1.12 bits per heavy atom. The fourth-order valence-corrected chi connectivity index (χ4v) is 2.87. The number of nitrogens with zero attached hydrogens (tertiary/aromatic N) is 1. The summed E-state index contributed by atoms with van der Waals surface area (Å²) in [6.45, 7) is 4.62. The number of aryl methyl sites for hydroxylation is 2. The molecule has 0 aromatic heterocycles. The van der Waals surface area contributed by atoms with Gasteiger partial charge in [-0.15, -0.1) is 10.1 Å². The molecule has 0 spiro atoms. The number of hydrogen-bond donors (Lipinski definition) is 0. The fourth-order valence-electron chi connectivity index (χ4n) is 2.87. The molecule has 2 rings (SSSR count). The predicted molar refractivity (Wildman–Crippen MR) is 104 cm³/mol. The first-order valence-corrected chi connectivity index (χ1v) is 9.50. The number of esters is 1. The van der Waals surface area contributed by atoms with E-state index in [2.05, 4.69) is 14.3 Å². The number of benzene rings is 1. The molecule has 1 aliphatic rings. The summed E-state index contributed by atoms with van der Waals surface area (Å²) in [5.74, 6) is -1.39. The molecule has 33 heavy (non-hydrogen) atoms. The summed E-state index contributed by atoms with van der Waals surface area (Å²) in [6.07, 6.45) is -7.74. The van der Waals surface area contributed by atoms with Gasteiger partial charge in [0.25, 0.3) is 5.09 Å². The zero-order valence-corrected chi connectivity index (χ0v) is 18.2. The summed E-state index contributed by atoms with van der Waals surface area (Å²) in [5, 5.41) is 9.22. The topological polar surface area (TPSA) is 123 Å². The van der Waals surface area contributed by atoms with Crippen LogP contribution in [0.4, 0.5) is 18.0 Å². The van der Waals surface area contributed by atoms with Crippen LogP contribution in [-0.2, 0) is 23.8 Å². The van der Waals surface area contributed by atoms with Gasteiger partial charge < -0.3 is 23.8 Å². The summed E-state index contributed by atoms with van der Waals surface area (Å²) in [5.41, 5.74) is -0.242. The lowest BCUT2D eigenvalue weighted by molar-refractivity contribution is -0.760. The highest BCUT2D eigenvalue weighted by molar-refractivity contribution is 5.96. The normalized spacial score (nSPS) is 15.5. The van der Waals surface area contributed by atoms with Crippen LogP contribution in [0.15, 0.2) is 17.7 Å². The van der Waals surface area contributed by atoms with Crippen molar-refractivity contribution in [2.45, 2.75) is 40.0 Å². The standard InChI is InChI=1S/C20H22F3NO9/c1-11-5-12(2)15-13(6-11)7-14(16(33-15)20(21,22)23)17(25)30-10-31-18(26)29-8-19(3,4)9-32-24(27)28/h5-7,16H,8-10H2,1-4H3/t16-/m0/s1. The quantitative estimate of drug-likeness (QED) is 0.237. The van der Waals surface area contributed by atoms with Gasteiger partial charge in [0.2, 0.25) is 12.9 Å². The second-order valence-corrected chi connectivity index (χ2v) is 8.03. The maximum atomic E-state index is 13.5. The van der Waals surface area contributed by atoms with Crippen molar-refractivity contribution in [3.8, 4) is 5.75 Å². The fraction of sp³-hybridized carbons (Fsp3) is 0.500. The zero-order chi connectivity index (χ0) is 25.0. The molecule has 1 aromatic rings. The zero-order valence-electron chi connectivity index (χ0n) is 18.2. The van der Waals surface area contributed by atoms with Gasteiger partial charge in [0.05, 0.1) is 5.57 Å². The molecule has 0 aliphatic carbocycles. The molecule has 1 heterocycles. The lowest BCUT2D eigenvalue weighted by Crippen LogP contribution is -2.41.